The van der Waals surface area contributed by atoms with E-state index < -0.39 is 0 Å². The Kier molecular flexibility index (Phi) is 5.88. The Balaban J connectivity index is 1.53. The van der Waals surface area contributed by atoms with Crippen LogP contribution in [0, 0.1) is 0 Å². The molecule has 0 aliphatic carbocycles. The number of amides is 2. The van der Waals surface area contributed by atoms with E-state index >= 15 is 0 Å². The third-order valence-electron chi connectivity index (χ3n) is 5.17. The molecule has 0 spiro atoms. The highest BCUT2D eigenvalue weighted by molar-refractivity contribution is 7.14. The molecule has 3 aromatic rings. The minimum absolute atomic E-state index is 0.162. The van der Waals surface area contributed by atoms with Crippen molar-refractivity contribution in [2.75, 3.05) is 10.2 Å². The Morgan fingerprint density at radius 2 is 2.07 bits per heavy atom. The average Bonchev–Trinajstić information content (AvgIpc) is 3.31. The summed E-state index contributed by atoms with van der Waals surface area (Å²) in [5.74, 6) is -0.107. The van der Waals surface area contributed by atoms with Crippen molar-refractivity contribution in [2.45, 2.75) is 39.2 Å². The van der Waals surface area contributed by atoms with E-state index in [2.05, 4.69) is 23.3 Å². The van der Waals surface area contributed by atoms with E-state index in [9.17, 15) is 9.59 Å². The average molecular weight is 440 g/mol. The van der Waals surface area contributed by atoms with Gasteiger partial charge in [0, 0.05) is 29.1 Å². The van der Waals surface area contributed by atoms with Crippen molar-refractivity contribution in [3.05, 3.63) is 64.0 Å². The van der Waals surface area contributed by atoms with Gasteiger partial charge in [-0.05, 0) is 49.6 Å². The second kappa shape index (κ2) is 8.58. The third-order valence-corrected chi connectivity index (χ3v) is 6.25. The van der Waals surface area contributed by atoms with Crippen molar-refractivity contribution in [1.29, 1.82) is 0 Å². The van der Waals surface area contributed by atoms with Crippen molar-refractivity contribution < 1.29 is 9.59 Å². The number of fused-ring (bicyclic) bond motifs is 1. The molecular weight excluding hydrogens is 418 g/mol. The summed E-state index contributed by atoms with van der Waals surface area (Å²) >= 11 is 7.47. The summed E-state index contributed by atoms with van der Waals surface area (Å²) in [4.78, 5) is 31.4. The fourth-order valence-corrected chi connectivity index (χ4v) is 4.71. The predicted octanol–water partition coefficient (Wildman–Crippen LogP) is 5.79. The van der Waals surface area contributed by atoms with Crippen molar-refractivity contribution in [2.24, 2.45) is 0 Å². The summed E-state index contributed by atoms with van der Waals surface area (Å²) in [6.45, 7) is 4.10. The molecule has 5 nitrogen and oxygen atoms in total. The molecule has 2 amide bonds. The van der Waals surface area contributed by atoms with E-state index in [0.29, 0.717) is 22.1 Å². The van der Waals surface area contributed by atoms with Gasteiger partial charge in [-0.15, -0.1) is 11.3 Å². The molecule has 2 heterocycles. The second-order valence-corrected chi connectivity index (χ2v) is 8.65. The number of carbonyl (C=O) groups is 2. The van der Waals surface area contributed by atoms with Crippen molar-refractivity contribution >= 4 is 45.6 Å². The van der Waals surface area contributed by atoms with Crippen LogP contribution in [0.1, 0.15) is 42.6 Å². The molecule has 1 unspecified atom stereocenters. The first-order chi connectivity index (χ1) is 14.5. The lowest BCUT2D eigenvalue weighted by atomic mass is 10.1. The summed E-state index contributed by atoms with van der Waals surface area (Å²) in [7, 11) is 0. The monoisotopic (exact) mass is 439 g/mol. The normalized spacial score (nSPS) is 15.2. The number of anilines is 2. The number of hydrogen-bond acceptors (Lipinski definition) is 4. The Morgan fingerprint density at radius 1 is 1.27 bits per heavy atom. The van der Waals surface area contributed by atoms with Gasteiger partial charge < -0.3 is 4.90 Å². The van der Waals surface area contributed by atoms with Crippen LogP contribution in [0.4, 0.5) is 10.8 Å². The third kappa shape index (κ3) is 3.98. The topological polar surface area (TPSA) is 62.3 Å². The maximum atomic E-state index is 12.5. The van der Waals surface area contributed by atoms with Gasteiger partial charge in [-0.1, -0.05) is 36.7 Å². The fourth-order valence-electron chi connectivity index (χ4n) is 3.78. The Labute approximate surface area is 184 Å². The number of benzene rings is 2. The van der Waals surface area contributed by atoms with Gasteiger partial charge in [0.15, 0.2) is 5.13 Å². The standard InChI is InChI=1S/C23H22ClN3O2S/c1-3-6-21(28)27-14(2)11-16-12-15(9-10-20(16)27)19-13-30-23(25-19)26-22(29)17-7-4-5-8-18(17)24/h4-5,7-10,12-14H,3,6,11H2,1-2H3,(H,25,26,29). The molecule has 1 aromatic heterocycles. The fraction of sp³-hybridized carbons (Fsp3) is 0.261. The van der Waals surface area contributed by atoms with Crippen LogP contribution < -0.4 is 10.2 Å². The molecule has 0 fully saturated rings. The number of carbonyl (C=O) groups excluding carboxylic acids is 2. The van der Waals surface area contributed by atoms with Gasteiger partial charge in [0.1, 0.15) is 0 Å². The summed E-state index contributed by atoms with van der Waals surface area (Å²) in [5.41, 5.74) is 4.33. The molecule has 1 aliphatic heterocycles. The number of rotatable bonds is 5. The van der Waals surface area contributed by atoms with Crippen LogP contribution in [-0.4, -0.2) is 22.8 Å². The van der Waals surface area contributed by atoms with Gasteiger partial charge in [-0.2, -0.15) is 0 Å². The first-order valence-corrected chi connectivity index (χ1v) is 11.2. The maximum absolute atomic E-state index is 12.5. The Hall–Kier alpha value is -2.70. The van der Waals surface area contributed by atoms with Gasteiger partial charge in [0.25, 0.3) is 5.91 Å². The lowest BCUT2D eigenvalue weighted by Crippen LogP contribution is -2.35. The molecule has 2 aromatic carbocycles. The number of hydrogen-bond donors (Lipinski definition) is 1. The Morgan fingerprint density at radius 3 is 2.83 bits per heavy atom. The summed E-state index contributed by atoms with van der Waals surface area (Å²) in [5, 5.41) is 5.66. The zero-order chi connectivity index (χ0) is 21.3. The first-order valence-electron chi connectivity index (χ1n) is 9.94. The molecule has 0 radical (unpaired) electrons. The molecule has 0 saturated carbocycles. The number of halogens is 1. The maximum Gasteiger partial charge on any atom is 0.258 e. The molecule has 1 atom stereocenters. The van der Waals surface area contributed by atoms with Crippen LogP contribution in [0.5, 0.6) is 0 Å². The highest BCUT2D eigenvalue weighted by Crippen LogP contribution is 2.36. The van der Waals surface area contributed by atoms with Crippen molar-refractivity contribution in [1.82, 2.24) is 4.98 Å². The zero-order valence-electron chi connectivity index (χ0n) is 16.8. The molecular formula is C23H22ClN3O2S. The molecule has 0 saturated heterocycles. The molecule has 154 valence electrons. The van der Waals surface area contributed by atoms with E-state index in [1.807, 2.05) is 29.3 Å². The van der Waals surface area contributed by atoms with Crippen LogP contribution in [0.3, 0.4) is 0 Å². The van der Waals surface area contributed by atoms with E-state index in [1.165, 1.54) is 11.3 Å². The smallest absolute Gasteiger partial charge is 0.258 e. The lowest BCUT2D eigenvalue weighted by molar-refractivity contribution is -0.118. The van der Waals surface area contributed by atoms with E-state index in [1.54, 1.807) is 24.3 Å². The molecule has 1 aliphatic rings. The molecule has 1 N–H and O–H groups in total. The molecule has 4 rings (SSSR count). The van der Waals surface area contributed by atoms with Crippen LogP contribution in [0.25, 0.3) is 11.3 Å². The highest BCUT2D eigenvalue weighted by atomic mass is 35.5. The van der Waals surface area contributed by atoms with Crippen molar-refractivity contribution in [3.8, 4) is 11.3 Å². The second-order valence-electron chi connectivity index (χ2n) is 7.38. The SMILES string of the molecule is CCCC(=O)N1c2ccc(-c3csc(NC(=O)c4ccccc4Cl)n3)cc2CC1C. The van der Waals surface area contributed by atoms with Gasteiger partial charge in [0.05, 0.1) is 16.3 Å². The molecule has 7 heteroatoms. The Bertz CT molecular complexity index is 1110. The number of nitrogens with zero attached hydrogens (tertiary/aromatic N) is 2. The van der Waals surface area contributed by atoms with E-state index in [4.69, 9.17) is 11.6 Å². The van der Waals surface area contributed by atoms with Gasteiger partial charge in [0.2, 0.25) is 5.91 Å². The van der Waals surface area contributed by atoms with E-state index in [-0.39, 0.29) is 17.9 Å². The van der Waals surface area contributed by atoms with Crippen LogP contribution in [-0.2, 0) is 11.2 Å². The number of aromatic nitrogens is 1. The first kappa shape index (κ1) is 20.6. The number of thiazole rings is 1. The van der Waals surface area contributed by atoms with Gasteiger partial charge >= 0.3 is 0 Å². The summed E-state index contributed by atoms with van der Waals surface area (Å²) < 4.78 is 0. The predicted molar refractivity (Wildman–Crippen MR) is 123 cm³/mol. The quantitative estimate of drug-likeness (QED) is 0.547. The van der Waals surface area contributed by atoms with Crippen LogP contribution in [0.2, 0.25) is 5.02 Å². The van der Waals surface area contributed by atoms with Gasteiger partial charge in [-0.25, -0.2) is 4.98 Å². The zero-order valence-corrected chi connectivity index (χ0v) is 18.4. The molecule has 30 heavy (non-hydrogen) atoms. The van der Waals surface area contributed by atoms with Crippen LogP contribution >= 0.6 is 22.9 Å². The van der Waals surface area contributed by atoms with Crippen molar-refractivity contribution in [3.63, 3.8) is 0 Å². The minimum Gasteiger partial charge on any atom is -0.309 e. The molecule has 0 bridgehead atoms. The highest BCUT2D eigenvalue weighted by Gasteiger charge is 2.30. The van der Waals surface area contributed by atoms with Crippen LogP contribution in [0.15, 0.2) is 47.8 Å². The summed E-state index contributed by atoms with van der Waals surface area (Å²) in [6.07, 6.45) is 2.24. The van der Waals surface area contributed by atoms with E-state index in [0.717, 1.165) is 35.3 Å². The minimum atomic E-state index is -0.283. The lowest BCUT2D eigenvalue weighted by Gasteiger charge is -2.22. The van der Waals surface area contributed by atoms with Gasteiger partial charge in [-0.3, -0.25) is 14.9 Å². The summed E-state index contributed by atoms with van der Waals surface area (Å²) in [6, 6.07) is 13.2. The largest absolute Gasteiger partial charge is 0.309 e. The number of nitrogens with one attached hydrogen (secondary N) is 1.